The maximum atomic E-state index is 15.8. The van der Waals surface area contributed by atoms with E-state index < -0.39 is 56.5 Å². The average molecular weight is 401 g/mol. The minimum atomic E-state index is -2.59. The van der Waals surface area contributed by atoms with Gasteiger partial charge in [0.2, 0.25) is 0 Å². The highest BCUT2D eigenvalue weighted by Gasteiger charge is 2.35. The standard InChI is InChI=1S/C20H22ClF2N3O/c1-14-12-24-18(25-13-14)3-2-6-20(23)7-9-26(10-8-20)19(27)15-4-5-17(22)16(21)11-15/h4-5,11-13H,2-3,6-10H2,1H3/i1D3,6D2,9D2. The molecule has 1 fully saturated rings. The summed E-state index contributed by atoms with van der Waals surface area (Å²) in [5, 5.41) is -0.311. The van der Waals surface area contributed by atoms with Crippen molar-refractivity contribution >= 4 is 17.5 Å². The Morgan fingerprint density at radius 2 is 2.22 bits per heavy atom. The van der Waals surface area contributed by atoms with Crippen molar-refractivity contribution in [1.29, 1.82) is 0 Å². The first-order chi connectivity index (χ1) is 15.6. The van der Waals surface area contributed by atoms with Gasteiger partial charge in [-0.25, -0.2) is 18.7 Å². The molecule has 0 aliphatic carbocycles. The van der Waals surface area contributed by atoms with E-state index in [0.717, 1.165) is 35.5 Å². The summed E-state index contributed by atoms with van der Waals surface area (Å²) in [5.41, 5.74) is -2.73. The molecule has 1 saturated heterocycles. The molecule has 2 heterocycles. The largest absolute Gasteiger partial charge is 0.338 e. The maximum absolute atomic E-state index is 15.8. The molecule has 1 aliphatic rings. The lowest BCUT2D eigenvalue weighted by Crippen LogP contribution is -2.44. The van der Waals surface area contributed by atoms with Crippen LogP contribution in [0.3, 0.4) is 0 Å². The summed E-state index contributed by atoms with van der Waals surface area (Å²) in [5.74, 6) is -1.42. The Morgan fingerprint density at radius 1 is 1.44 bits per heavy atom. The minimum Gasteiger partial charge on any atom is -0.338 e. The molecule has 144 valence electrons. The molecule has 0 radical (unpaired) electrons. The molecule has 1 atom stereocenters. The zero-order chi connectivity index (χ0) is 25.5. The molecule has 0 N–H and O–H groups in total. The second kappa shape index (κ2) is 8.30. The van der Waals surface area contributed by atoms with Crippen molar-refractivity contribution in [1.82, 2.24) is 14.9 Å². The van der Waals surface area contributed by atoms with E-state index in [0.29, 0.717) is 0 Å². The first kappa shape index (κ1) is 12.4. The molecular formula is C20H22ClF2N3O. The zero-order valence-electron chi connectivity index (χ0n) is 21.3. The number of carbonyl (C=O) groups is 1. The van der Waals surface area contributed by atoms with Gasteiger partial charge in [-0.1, -0.05) is 11.6 Å². The van der Waals surface area contributed by atoms with Gasteiger partial charge in [-0.15, -0.1) is 0 Å². The lowest BCUT2D eigenvalue weighted by atomic mass is 9.88. The highest BCUT2D eigenvalue weighted by atomic mass is 35.5. The number of nitrogens with zero attached hydrogens (tertiary/aromatic N) is 3. The van der Waals surface area contributed by atoms with Crippen molar-refractivity contribution in [3.63, 3.8) is 0 Å². The molecule has 2 aromatic rings. The van der Waals surface area contributed by atoms with Gasteiger partial charge in [-0.2, -0.15) is 0 Å². The molecule has 3 rings (SSSR count). The normalized spacial score (nSPS) is 26.6. The van der Waals surface area contributed by atoms with Crippen LogP contribution < -0.4 is 0 Å². The Balaban J connectivity index is 1.71. The van der Waals surface area contributed by atoms with Gasteiger partial charge in [-0.3, -0.25) is 4.79 Å². The van der Waals surface area contributed by atoms with Gasteiger partial charge in [0.15, 0.2) is 0 Å². The zero-order valence-corrected chi connectivity index (χ0v) is 15.1. The number of carbonyl (C=O) groups excluding carboxylic acids is 1. The molecule has 7 heteroatoms. The van der Waals surface area contributed by atoms with Crippen molar-refractivity contribution < 1.29 is 23.2 Å². The summed E-state index contributed by atoms with van der Waals surface area (Å²) >= 11 is 5.70. The van der Waals surface area contributed by atoms with E-state index in [9.17, 15) is 9.18 Å². The fourth-order valence-corrected chi connectivity index (χ4v) is 2.85. The van der Waals surface area contributed by atoms with Crippen LogP contribution in [0.15, 0.2) is 30.6 Å². The van der Waals surface area contributed by atoms with Gasteiger partial charge in [0, 0.05) is 47.0 Å². The molecule has 1 aliphatic heterocycles. The van der Waals surface area contributed by atoms with E-state index in [1.807, 2.05) is 0 Å². The first-order valence-corrected chi connectivity index (χ1v) is 8.71. The number of hydrogen-bond donors (Lipinski definition) is 0. The molecular weight excluding hydrogens is 372 g/mol. The number of hydrogen-bond acceptors (Lipinski definition) is 3. The summed E-state index contributed by atoms with van der Waals surface area (Å²) < 4.78 is 84.2. The molecule has 0 bridgehead atoms. The van der Waals surface area contributed by atoms with Gasteiger partial charge in [0.05, 0.1) is 5.02 Å². The molecule has 27 heavy (non-hydrogen) atoms. The summed E-state index contributed by atoms with van der Waals surface area (Å²) in [6.07, 6.45) is -2.11. The number of aryl methyl sites for hydroxylation is 2. The molecule has 0 spiro atoms. The van der Waals surface area contributed by atoms with Gasteiger partial charge >= 0.3 is 0 Å². The number of amides is 1. The van der Waals surface area contributed by atoms with Crippen LogP contribution in [0.2, 0.25) is 5.02 Å². The van der Waals surface area contributed by atoms with Crippen LogP contribution >= 0.6 is 11.6 Å². The van der Waals surface area contributed by atoms with Crippen LogP contribution in [0.5, 0.6) is 0 Å². The van der Waals surface area contributed by atoms with Crippen LogP contribution in [-0.4, -0.2) is 39.5 Å². The molecule has 1 unspecified atom stereocenters. The van der Waals surface area contributed by atoms with Crippen LogP contribution in [0, 0.1) is 12.7 Å². The molecule has 1 aromatic heterocycles. The Kier molecular flexibility index (Phi) is 3.81. The van der Waals surface area contributed by atoms with Crippen molar-refractivity contribution in [2.45, 2.75) is 44.6 Å². The number of rotatable bonds is 5. The van der Waals surface area contributed by atoms with E-state index in [4.69, 9.17) is 21.2 Å². The lowest BCUT2D eigenvalue weighted by Gasteiger charge is -2.36. The van der Waals surface area contributed by atoms with Crippen LogP contribution in [0.1, 0.15) is 57.0 Å². The monoisotopic (exact) mass is 400 g/mol. The number of halogens is 3. The first-order valence-electron chi connectivity index (χ1n) is 11.8. The Hall–Kier alpha value is -2.08. The van der Waals surface area contributed by atoms with Crippen molar-refractivity contribution in [3.8, 4) is 0 Å². The average Bonchev–Trinajstić information content (AvgIpc) is 2.73. The van der Waals surface area contributed by atoms with E-state index in [1.165, 1.54) is 0 Å². The van der Waals surface area contributed by atoms with Gasteiger partial charge in [0.1, 0.15) is 17.3 Å². The molecule has 1 aromatic carbocycles. The number of alkyl halides is 1. The third-order valence-electron chi connectivity index (χ3n) is 4.19. The SMILES string of the molecule is [2H]C([2H])([2H])c1cnc(CCC([2H])([2H])C2(F)CCN(C(=O)c3ccc(F)c(Cl)c3)C([2H])([2H])C2)nc1. The van der Waals surface area contributed by atoms with Crippen LogP contribution in [0.4, 0.5) is 8.78 Å². The smallest absolute Gasteiger partial charge is 0.253 e. The second-order valence-corrected chi connectivity index (χ2v) is 6.61. The summed E-state index contributed by atoms with van der Waals surface area (Å²) in [6, 6.07) is 3.18. The lowest BCUT2D eigenvalue weighted by molar-refractivity contribution is 0.0389. The van der Waals surface area contributed by atoms with Gasteiger partial charge in [0.25, 0.3) is 5.91 Å². The van der Waals surface area contributed by atoms with E-state index in [1.54, 1.807) is 0 Å². The van der Waals surface area contributed by atoms with Crippen LogP contribution in [0.25, 0.3) is 0 Å². The fraction of sp³-hybridized carbons (Fsp3) is 0.450. The van der Waals surface area contributed by atoms with Gasteiger partial charge < -0.3 is 4.90 Å². The van der Waals surface area contributed by atoms with E-state index in [-0.39, 0.29) is 34.8 Å². The Bertz CT molecular complexity index is 1070. The van der Waals surface area contributed by atoms with Crippen molar-refractivity contribution in [2.75, 3.05) is 13.0 Å². The Labute approximate surface area is 172 Å². The predicted octanol–water partition coefficient (Wildman–Crippen LogP) is 4.54. The fourth-order valence-electron chi connectivity index (χ4n) is 2.67. The number of benzene rings is 1. The number of aromatic nitrogens is 2. The van der Waals surface area contributed by atoms with Crippen molar-refractivity contribution in [3.05, 3.63) is 58.4 Å². The summed E-state index contributed by atoms with van der Waals surface area (Å²) in [6.45, 7) is -5.30. The van der Waals surface area contributed by atoms with Crippen LogP contribution in [-0.2, 0) is 6.42 Å². The van der Waals surface area contributed by atoms with E-state index in [2.05, 4.69) is 9.97 Å². The van der Waals surface area contributed by atoms with E-state index >= 15 is 4.39 Å². The maximum Gasteiger partial charge on any atom is 0.253 e. The quantitative estimate of drug-likeness (QED) is 0.739. The van der Waals surface area contributed by atoms with Gasteiger partial charge in [-0.05, 0) is 56.2 Å². The number of piperidine rings is 1. The topological polar surface area (TPSA) is 46.1 Å². The highest BCUT2D eigenvalue weighted by Crippen LogP contribution is 2.32. The van der Waals surface area contributed by atoms with Crippen molar-refractivity contribution in [2.24, 2.45) is 0 Å². The third-order valence-corrected chi connectivity index (χ3v) is 4.48. The Morgan fingerprint density at radius 3 is 2.89 bits per heavy atom. The summed E-state index contributed by atoms with van der Waals surface area (Å²) in [7, 11) is 0. The minimum absolute atomic E-state index is 0.0673. The number of likely N-dealkylation sites (tertiary alicyclic amines) is 1. The third kappa shape index (κ3) is 5.01. The molecule has 4 nitrogen and oxygen atoms in total. The highest BCUT2D eigenvalue weighted by molar-refractivity contribution is 6.31. The summed E-state index contributed by atoms with van der Waals surface area (Å²) in [4.78, 5) is 21.4. The predicted molar refractivity (Wildman–Crippen MR) is 100 cm³/mol. The second-order valence-electron chi connectivity index (χ2n) is 6.20. The molecule has 0 saturated carbocycles. The molecule has 1 amide bonds.